The van der Waals surface area contributed by atoms with Gasteiger partial charge in [-0.1, -0.05) is 19.3 Å². The summed E-state index contributed by atoms with van der Waals surface area (Å²) in [6.07, 6.45) is 5.88. The van der Waals surface area contributed by atoms with Gasteiger partial charge in [0.15, 0.2) is 5.69 Å². The number of hydrogen-bond acceptors (Lipinski definition) is 4. The van der Waals surface area contributed by atoms with Gasteiger partial charge in [-0.3, -0.25) is 0 Å². The highest BCUT2D eigenvalue weighted by Crippen LogP contribution is 2.32. The quantitative estimate of drug-likeness (QED) is 0.752. The average molecular weight is 209 g/mol. The Kier molecular flexibility index (Phi) is 2.99. The number of aromatic nitrogens is 3. The Hall–Kier alpha value is -1.39. The zero-order valence-corrected chi connectivity index (χ0v) is 8.82. The predicted octanol–water partition coefficient (Wildman–Crippen LogP) is 1.64. The summed E-state index contributed by atoms with van der Waals surface area (Å²) in [6, 6.07) is 0. The third-order valence-corrected chi connectivity index (χ3v) is 2.95. The molecule has 1 aromatic rings. The molecule has 1 N–H and O–H groups in total. The lowest BCUT2D eigenvalue weighted by Crippen LogP contribution is -2.11. The Labute approximate surface area is 88.2 Å². The zero-order valence-electron chi connectivity index (χ0n) is 8.82. The highest BCUT2D eigenvalue weighted by molar-refractivity contribution is 5.88. The molecule has 1 heterocycles. The Morgan fingerprint density at radius 1 is 1.33 bits per heavy atom. The van der Waals surface area contributed by atoms with E-state index in [2.05, 4.69) is 20.1 Å². The van der Waals surface area contributed by atoms with E-state index in [1.807, 2.05) is 0 Å². The van der Waals surface area contributed by atoms with Crippen molar-refractivity contribution in [1.82, 2.24) is 15.4 Å². The van der Waals surface area contributed by atoms with Gasteiger partial charge in [-0.2, -0.15) is 10.3 Å². The van der Waals surface area contributed by atoms with Gasteiger partial charge in [-0.25, -0.2) is 4.79 Å². The number of carbonyl (C=O) groups excluding carboxylic acids is 1. The van der Waals surface area contributed by atoms with Gasteiger partial charge in [0.05, 0.1) is 7.11 Å². The molecule has 1 aromatic heterocycles. The number of ether oxygens (including phenoxy) is 1. The Morgan fingerprint density at radius 3 is 2.73 bits per heavy atom. The van der Waals surface area contributed by atoms with Crippen molar-refractivity contribution in [3.05, 3.63) is 11.4 Å². The number of nitrogens with zero attached hydrogens (tertiary/aromatic N) is 2. The van der Waals surface area contributed by atoms with Crippen LogP contribution >= 0.6 is 0 Å². The van der Waals surface area contributed by atoms with Gasteiger partial charge >= 0.3 is 5.97 Å². The summed E-state index contributed by atoms with van der Waals surface area (Å²) >= 11 is 0. The molecule has 0 unspecified atom stereocenters. The molecule has 82 valence electrons. The number of H-pyrrole nitrogens is 1. The summed E-state index contributed by atoms with van der Waals surface area (Å²) < 4.78 is 4.66. The Balaban J connectivity index is 2.19. The van der Waals surface area contributed by atoms with Crippen molar-refractivity contribution in [3.63, 3.8) is 0 Å². The summed E-state index contributed by atoms with van der Waals surface area (Å²) in [7, 11) is 1.36. The van der Waals surface area contributed by atoms with Crippen LogP contribution in [0.4, 0.5) is 0 Å². The maximum atomic E-state index is 11.4. The lowest BCUT2D eigenvalue weighted by molar-refractivity contribution is 0.0591. The second-order valence-corrected chi connectivity index (χ2v) is 3.88. The van der Waals surface area contributed by atoms with E-state index in [9.17, 15) is 4.79 Å². The number of carbonyl (C=O) groups is 1. The number of rotatable bonds is 2. The van der Waals surface area contributed by atoms with Crippen molar-refractivity contribution in [2.24, 2.45) is 0 Å². The number of esters is 1. The molecule has 0 saturated heterocycles. The molecule has 0 atom stereocenters. The molecular weight excluding hydrogens is 194 g/mol. The topological polar surface area (TPSA) is 67.9 Å². The molecule has 1 aliphatic rings. The fourth-order valence-corrected chi connectivity index (χ4v) is 2.15. The van der Waals surface area contributed by atoms with Crippen molar-refractivity contribution in [3.8, 4) is 0 Å². The molecule has 0 bridgehead atoms. The molecule has 5 nitrogen and oxygen atoms in total. The normalized spacial score (nSPS) is 17.7. The van der Waals surface area contributed by atoms with E-state index in [0.29, 0.717) is 11.6 Å². The second kappa shape index (κ2) is 4.42. The first-order valence-electron chi connectivity index (χ1n) is 5.32. The van der Waals surface area contributed by atoms with Crippen LogP contribution in [0.25, 0.3) is 0 Å². The maximum Gasteiger partial charge on any atom is 0.360 e. The van der Waals surface area contributed by atoms with Crippen molar-refractivity contribution < 1.29 is 9.53 Å². The molecule has 0 aromatic carbocycles. The lowest BCUT2D eigenvalue weighted by Gasteiger charge is -2.19. The summed E-state index contributed by atoms with van der Waals surface area (Å²) in [5, 5.41) is 10.4. The van der Waals surface area contributed by atoms with Gasteiger partial charge in [0.25, 0.3) is 0 Å². The van der Waals surface area contributed by atoms with Crippen LogP contribution in [0.15, 0.2) is 0 Å². The molecule has 0 spiro atoms. The van der Waals surface area contributed by atoms with Crippen molar-refractivity contribution in [1.29, 1.82) is 0 Å². The van der Waals surface area contributed by atoms with E-state index in [0.717, 1.165) is 18.5 Å². The van der Waals surface area contributed by atoms with E-state index in [4.69, 9.17) is 0 Å². The minimum absolute atomic E-state index is 0.351. The van der Waals surface area contributed by atoms with Crippen LogP contribution in [0.5, 0.6) is 0 Å². The van der Waals surface area contributed by atoms with Crippen LogP contribution in [-0.2, 0) is 4.74 Å². The molecule has 1 aliphatic carbocycles. The highest BCUT2D eigenvalue weighted by Gasteiger charge is 2.25. The fourth-order valence-electron chi connectivity index (χ4n) is 2.15. The third-order valence-electron chi connectivity index (χ3n) is 2.95. The summed E-state index contributed by atoms with van der Waals surface area (Å²) in [5.74, 6) is -0.0316. The van der Waals surface area contributed by atoms with Gasteiger partial charge in [0.2, 0.25) is 0 Å². The predicted molar refractivity (Wildman–Crippen MR) is 53.5 cm³/mol. The molecule has 0 amide bonds. The molecular formula is C10H15N3O2. The van der Waals surface area contributed by atoms with Crippen LogP contribution < -0.4 is 0 Å². The monoisotopic (exact) mass is 209 g/mol. The highest BCUT2D eigenvalue weighted by atomic mass is 16.5. The van der Waals surface area contributed by atoms with Gasteiger partial charge in [-0.15, -0.1) is 5.10 Å². The summed E-state index contributed by atoms with van der Waals surface area (Å²) in [5.41, 5.74) is 1.13. The standard InChI is InChI=1S/C10H15N3O2/c1-15-10(14)9-8(11-13-12-9)7-5-3-2-4-6-7/h7H,2-6H2,1H3,(H,11,12,13). The van der Waals surface area contributed by atoms with E-state index in [1.54, 1.807) is 0 Å². The van der Waals surface area contributed by atoms with Crippen LogP contribution in [0.1, 0.15) is 54.2 Å². The van der Waals surface area contributed by atoms with Crippen LogP contribution in [0.2, 0.25) is 0 Å². The van der Waals surface area contributed by atoms with Crippen LogP contribution in [-0.4, -0.2) is 28.5 Å². The Morgan fingerprint density at radius 2 is 2.07 bits per heavy atom. The second-order valence-electron chi connectivity index (χ2n) is 3.88. The Bertz CT molecular complexity index is 342. The van der Waals surface area contributed by atoms with E-state index in [1.165, 1.54) is 26.4 Å². The van der Waals surface area contributed by atoms with Gasteiger partial charge in [0, 0.05) is 5.92 Å². The molecule has 1 saturated carbocycles. The molecule has 5 heteroatoms. The summed E-state index contributed by atoms with van der Waals surface area (Å²) in [4.78, 5) is 11.4. The maximum absolute atomic E-state index is 11.4. The minimum atomic E-state index is -0.399. The van der Waals surface area contributed by atoms with Crippen LogP contribution in [0.3, 0.4) is 0 Å². The molecule has 0 aliphatic heterocycles. The number of aromatic amines is 1. The van der Waals surface area contributed by atoms with Gasteiger partial charge in [0.1, 0.15) is 5.69 Å². The summed E-state index contributed by atoms with van der Waals surface area (Å²) in [6.45, 7) is 0. The first-order valence-corrected chi connectivity index (χ1v) is 5.32. The SMILES string of the molecule is COC(=O)c1n[nH]nc1C1CCCCC1. The largest absolute Gasteiger partial charge is 0.464 e. The van der Waals surface area contributed by atoms with Crippen LogP contribution in [0, 0.1) is 0 Å². The van der Waals surface area contributed by atoms with E-state index in [-0.39, 0.29) is 0 Å². The number of hydrogen-bond donors (Lipinski definition) is 1. The average Bonchev–Trinajstić information content (AvgIpc) is 2.78. The minimum Gasteiger partial charge on any atom is -0.464 e. The molecule has 2 rings (SSSR count). The fraction of sp³-hybridized carbons (Fsp3) is 0.700. The third kappa shape index (κ3) is 2.00. The smallest absolute Gasteiger partial charge is 0.360 e. The number of methoxy groups -OCH3 is 1. The van der Waals surface area contributed by atoms with Gasteiger partial charge in [-0.05, 0) is 12.8 Å². The van der Waals surface area contributed by atoms with Crippen molar-refractivity contribution in [2.75, 3.05) is 7.11 Å². The van der Waals surface area contributed by atoms with E-state index < -0.39 is 5.97 Å². The molecule has 0 radical (unpaired) electrons. The number of nitrogens with one attached hydrogen (secondary N) is 1. The lowest BCUT2D eigenvalue weighted by atomic mass is 9.86. The molecule has 15 heavy (non-hydrogen) atoms. The zero-order chi connectivity index (χ0) is 10.7. The first kappa shape index (κ1) is 10.1. The van der Waals surface area contributed by atoms with E-state index >= 15 is 0 Å². The first-order chi connectivity index (χ1) is 7.33. The van der Waals surface area contributed by atoms with Gasteiger partial charge < -0.3 is 4.74 Å². The van der Waals surface area contributed by atoms with Crippen molar-refractivity contribution in [2.45, 2.75) is 38.0 Å². The van der Waals surface area contributed by atoms with Crippen molar-refractivity contribution >= 4 is 5.97 Å². The molecule has 1 fully saturated rings.